The molecule has 5 nitrogen and oxygen atoms in total. The number of nitrogens with two attached hydrogens (primary N) is 1. The summed E-state index contributed by atoms with van der Waals surface area (Å²) in [5.41, 5.74) is 7.18. The van der Waals surface area contributed by atoms with E-state index in [0.29, 0.717) is 5.56 Å². The van der Waals surface area contributed by atoms with Gasteiger partial charge in [-0.3, -0.25) is 9.89 Å². The Balaban J connectivity index is 2.39. The number of rotatable bonds is 2. The van der Waals surface area contributed by atoms with Gasteiger partial charge in [0, 0.05) is 12.4 Å². The Morgan fingerprint density at radius 3 is 2.85 bits per heavy atom. The van der Waals surface area contributed by atoms with Crippen molar-refractivity contribution in [3.8, 4) is 11.4 Å². The molecule has 0 saturated heterocycles. The molecule has 0 spiro atoms. The molecule has 66 valence electrons. The van der Waals surface area contributed by atoms with Gasteiger partial charge in [-0.2, -0.15) is 5.10 Å². The molecule has 1 amide bonds. The summed E-state index contributed by atoms with van der Waals surface area (Å²) < 4.78 is 0. The second-order valence-corrected chi connectivity index (χ2v) is 2.64. The first kappa shape index (κ1) is 7.60. The molecule has 2 aromatic heterocycles. The predicted molar refractivity (Wildman–Crippen MR) is 46.9 cm³/mol. The molecule has 0 saturated carbocycles. The first-order valence-electron chi connectivity index (χ1n) is 3.75. The maximum absolute atomic E-state index is 10.8. The average molecular weight is 176 g/mol. The average Bonchev–Trinajstić information content (AvgIpc) is 2.75. The Morgan fingerprint density at radius 1 is 1.46 bits per heavy atom. The van der Waals surface area contributed by atoms with Gasteiger partial charge < -0.3 is 10.7 Å². The highest BCUT2D eigenvalue weighted by Crippen LogP contribution is 2.15. The summed E-state index contributed by atoms with van der Waals surface area (Å²) in [6.07, 6.45) is 3.21. The van der Waals surface area contributed by atoms with Crippen molar-refractivity contribution in [1.82, 2.24) is 15.2 Å². The van der Waals surface area contributed by atoms with Crippen molar-refractivity contribution in [2.75, 3.05) is 0 Å². The number of aromatic nitrogens is 3. The molecule has 0 aromatic carbocycles. The second kappa shape index (κ2) is 2.78. The molecule has 2 aromatic rings. The van der Waals surface area contributed by atoms with Crippen LogP contribution in [0.1, 0.15) is 10.4 Å². The lowest BCUT2D eigenvalue weighted by Crippen LogP contribution is -2.09. The molecule has 0 aliphatic rings. The van der Waals surface area contributed by atoms with Gasteiger partial charge in [-0.15, -0.1) is 0 Å². The number of nitrogens with one attached hydrogen (secondary N) is 2. The monoisotopic (exact) mass is 176 g/mol. The Morgan fingerprint density at radius 2 is 2.31 bits per heavy atom. The highest BCUT2D eigenvalue weighted by atomic mass is 16.1. The summed E-state index contributed by atoms with van der Waals surface area (Å²) >= 11 is 0. The number of amides is 1. The third-order valence-corrected chi connectivity index (χ3v) is 1.76. The summed E-state index contributed by atoms with van der Waals surface area (Å²) in [5.74, 6) is -0.443. The van der Waals surface area contributed by atoms with Crippen molar-refractivity contribution in [1.29, 1.82) is 0 Å². The quantitative estimate of drug-likeness (QED) is 0.622. The van der Waals surface area contributed by atoms with Crippen LogP contribution in [-0.2, 0) is 0 Å². The van der Waals surface area contributed by atoms with Gasteiger partial charge in [-0.25, -0.2) is 0 Å². The molecule has 5 heteroatoms. The van der Waals surface area contributed by atoms with E-state index in [2.05, 4.69) is 15.2 Å². The number of aromatic amines is 2. The second-order valence-electron chi connectivity index (χ2n) is 2.64. The van der Waals surface area contributed by atoms with Crippen molar-refractivity contribution >= 4 is 5.91 Å². The van der Waals surface area contributed by atoms with Crippen LogP contribution in [0.25, 0.3) is 11.4 Å². The van der Waals surface area contributed by atoms with Crippen molar-refractivity contribution in [2.24, 2.45) is 5.73 Å². The molecule has 0 fully saturated rings. The summed E-state index contributed by atoms with van der Waals surface area (Å²) in [6.45, 7) is 0. The highest BCUT2D eigenvalue weighted by Gasteiger charge is 2.05. The molecule has 4 N–H and O–H groups in total. The number of H-pyrrole nitrogens is 2. The molecular formula is C8H8N4O. The first-order chi connectivity index (χ1) is 6.27. The Hall–Kier alpha value is -2.04. The fourth-order valence-electron chi connectivity index (χ4n) is 1.10. The van der Waals surface area contributed by atoms with Crippen LogP contribution in [0.4, 0.5) is 0 Å². The fourth-order valence-corrected chi connectivity index (χ4v) is 1.10. The van der Waals surface area contributed by atoms with E-state index in [0.717, 1.165) is 11.4 Å². The number of primary amides is 1. The molecule has 0 radical (unpaired) electrons. The molecule has 0 atom stereocenters. The van der Waals surface area contributed by atoms with Crippen LogP contribution in [0, 0.1) is 0 Å². The molecule has 0 bridgehead atoms. The lowest BCUT2D eigenvalue weighted by Gasteiger charge is -1.88. The Kier molecular flexibility index (Phi) is 1.63. The minimum Gasteiger partial charge on any atom is -0.366 e. The van der Waals surface area contributed by atoms with Gasteiger partial charge in [0.1, 0.15) is 0 Å². The van der Waals surface area contributed by atoms with Gasteiger partial charge in [0.05, 0.1) is 17.0 Å². The summed E-state index contributed by atoms with van der Waals surface area (Å²) in [6, 6.07) is 3.48. The van der Waals surface area contributed by atoms with E-state index >= 15 is 0 Å². The lowest BCUT2D eigenvalue weighted by molar-refractivity contribution is 0.100. The normalized spacial score (nSPS) is 10.2. The fraction of sp³-hybridized carbons (Fsp3) is 0. The molecule has 0 aliphatic carbocycles. The number of carbonyl (C=O) groups excluding carboxylic acids is 1. The molecule has 2 rings (SSSR count). The smallest absolute Gasteiger partial charge is 0.250 e. The van der Waals surface area contributed by atoms with Crippen LogP contribution in [0.15, 0.2) is 24.5 Å². The van der Waals surface area contributed by atoms with Crippen molar-refractivity contribution in [3.63, 3.8) is 0 Å². The number of carbonyl (C=O) groups is 1. The summed E-state index contributed by atoms with van der Waals surface area (Å²) in [5, 5.41) is 6.56. The zero-order valence-corrected chi connectivity index (χ0v) is 6.74. The van der Waals surface area contributed by atoms with Gasteiger partial charge in [-0.1, -0.05) is 0 Å². The van der Waals surface area contributed by atoms with Crippen molar-refractivity contribution < 1.29 is 4.79 Å². The van der Waals surface area contributed by atoms with Gasteiger partial charge in [0.2, 0.25) is 5.91 Å². The number of hydrogen-bond donors (Lipinski definition) is 3. The first-order valence-corrected chi connectivity index (χ1v) is 3.75. The summed E-state index contributed by atoms with van der Waals surface area (Å²) in [4.78, 5) is 13.7. The van der Waals surface area contributed by atoms with Crippen LogP contribution >= 0.6 is 0 Å². The largest absolute Gasteiger partial charge is 0.366 e. The molecule has 13 heavy (non-hydrogen) atoms. The van der Waals surface area contributed by atoms with E-state index in [1.54, 1.807) is 24.5 Å². The topological polar surface area (TPSA) is 87.6 Å². The van der Waals surface area contributed by atoms with Gasteiger partial charge in [0.15, 0.2) is 0 Å². The van der Waals surface area contributed by atoms with E-state index < -0.39 is 5.91 Å². The lowest BCUT2D eigenvalue weighted by atomic mass is 10.2. The maximum Gasteiger partial charge on any atom is 0.250 e. The van der Waals surface area contributed by atoms with E-state index in [9.17, 15) is 4.79 Å². The van der Waals surface area contributed by atoms with Crippen molar-refractivity contribution in [2.45, 2.75) is 0 Å². The third-order valence-electron chi connectivity index (χ3n) is 1.76. The van der Waals surface area contributed by atoms with Crippen LogP contribution < -0.4 is 5.73 Å². The highest BCUT2D eigenvalue weighted by molar-refractivity contribution is 5.93. The maximum atomic E-state index is 10.8. The van der Waals surface area contributed by atoms with Crippen LogP contribution in [0.5, 0.6) is 0 Å². The van der Waals surface area contributed by atoms with Crippen LogP contribution in [0.3, 0.4) is 0 Å². The van der Waals surface area contributed by atoms with Gasteiger partial charge in [0.25, 0.3) is 0 Å². The van der Waals surface area contributed by atoms with Crippen molar-refractivity contribution in [3.05, 3.63) is 30.1 Å². The zero-order valence-electron chi connectivity index (χ0n) is 6.74. The zero-order chi connectivity index (χ0) is 9.26. The van der Waals surface area contributed by atoms with Crippen LogP contribution in [0.2, 0.25) is 0 Å². The van der Waals surface area contributed by atoms with E-state index in [1.165, 1.54) is 0 Å². The SMILES string of the molecule is NC(=O)c1c[nH]c(-c2ccn[nH]2)c1. The van der Waals surface area contributed by atoms with Gasteiger partial charge in [-0.05, 0) is 12.1 Å². The number of hydrogen-bond acceptors (Lipinski definition) is 2. The molecule has 2 heterocycles. The minimum atomic E-state index is -0.443. The Bertz CT molecular complexity index is 415. The summed E-state index contributed by atoms with van der Waals surface area (Å²) in [7, 11) is 0. The third kappa shape index (κ3) is 1.31. The van der Waals surface area contributed by atoms with Crippen LogP contribution in [-0.4, -0.2) is 21.1 Å². The standard InChI is InChI=1S/C8H8N4O/c9-8(13)5-3-7(10-4-5)6-1-2-11-12-6/h1-4,10H,(H2,9,13)(H,11,12). The predicted octanol–water partition coefficient (Wildman–Crippen LogP) is 0.504. The number of nitrogens with zero attached hydrogens (tertiary/aromatic N) is 1. The molecule has 0 unspecified atom stereocenters. The molecular weight excluding hydrogens is 168 g/mol. The van der Waals surface area contributed by atoms with Gasteiger partial charge >= 0.3 is 0 Å². The minimum absolute atomic E-state index is 0.443. The van der Waals surface area contributed by atoms with E-state index in [1.807, 2.05) is 0 Å². The Labute approximate surface area is 74.0 Å². The van der Waals surface area contributed by atoms with E-state index in [-0.39, 0.29) is 0 Å². The molecule has 0 aliphatic heterocycles. The van der Waals surface area contributed by atoms with E-state index in [4.69, 9.17) is 5.73 Å².